The van der Waals surface area contributed by atoms with Gasteiger partial charge in [-0.1, -0.05) is 5.16 Å². The first-order valence-corrected chi connectivity index (χ1v) is 7.27. The molecule has 6 heteroatoms. The first kappa shape index (κ1) is 13.6. The maximum atomic E-state index is 12.3. The van der Waals surface area contributed by atoms with Gasteiger partial charge in [0.15, 0.2) is 5.76 Å². The van der Waals surface area contributed by atoms with Gasteiger partial charge >= 0.3 is 0 Å². The van der Waals surface area contributed by atoms with Crippen molar-refractivity contribution >= 4 is 5.91 Å². The SMILES string of the molecule is Cc1cc([C@H]2CCCN2CC(=O)N2CCOCC2)on1. The van der Waals surface area contributed by atoms with Gasteiger partial charge in [0.25, 0.3) is 0 Å². The molecule has 0 aliphatic carbocycles. The van der Waals surface area contributed by atoms with Crippen molar-refractivity contribution in [3.05, 3.63) is 17.5 Å². The molecule has 2 aliphatic heterocycles. The van der Waals surface area contributed by atoms with Crippen molar-refractivity contribution in [3.63, 3.8) is 0 Å². The first-order chi connectivity index (χ1) is 9.74. The first-order valence-electron chi connectivity index (χ1n) is 7.27. The van der Waals surface area contributed by atoms with Crippen LogP contribution in [0.1, 0.15) is 30.3 Å². The average molecular weight is 279 g/mol. The van der Waals surface area contributed by atoms with Gasteiger partial charge in [0.05, 0.1) is 31.5 Å². The number of hydrogen-bond donors (Lipinski definition) is 0. The summed E-state index contributed by atoms with van der Waals surface area (Å²) in [4.78, 5) is 16.4. The highest BCUT2D eigenvalue weighted by molar-refractivity contribution is 5.78. The molecule has 0 unspecified atom stereocenters. The highest BCUT2D eigenvalue weighted by Gasteiger charge is 2.31. The van der Waals surface area contributed by atoms with Crippen LogP contribution >= 0.6 is 0 Å². The zero-order chi connectivity index (χ0) is 13.9. The largest absolute Gasteiger partial charge is 0.378 e. The Morgan fingerprint density at radius 2 is 2.20 bits per heavy atom. The van der Waals surface area contributed by atoms with Crippen molar-refractivity contribution in [2.45, 2.75) is 25.8 Å². The zero-order valence-electron chi connectivity index (χ0n) is 11.9. The number of aryl methyl sites for hydroxylation is 1. The molecule has 1 atom stereocenters. The van der Waals surface area contributed by atoms with Crippen LogP contribution in [-0.2, 0) is 9.53 Å². The maximum absolute atomic E-state index is 12.3. The molecule has 2 fully saturated rings. The van der Waals surface area contributed by atoms with E-state index in [0.29, 0.717) is 32.8 Å². The Balaban J connectivity index is 1.62. The lowest BCUT2D eigenvalue weighted by molar-refractivity contribution is -0.136. The third-order valence-electron chi connectivity index (χ3n) is 4.04. The molecule has 1 amide bonds. The van der Waals surface area contributed by atoms with Gasteiger partial charge in [0.1, 0.15) is 0 Å². The minimum Gasteiger partial charge on any atom is -0.378 e. The molecule has 0 N–H and O–H groups in total. The van der Waals surface area contributed by atoms with Crippen LogP contribution in [0.4, 0.5) is 0 Å². The Labute approximate surface area is 118 Å². The highest BCUT2D eigenvalue weighted by Crippen LogP contribution is 2.31. The minimum absolute atomic E-state index is 0.191. The van der Waals surface area contributed by atoms with Crippen LogP contribution in [0.3, 0.4) is 0 Å². The lowest BCUT2D eigenvalue weighted by Crippen LogP contribution is -2.45. The quantitative estimate of drug-likeness (QED) is 0.825. The monoisotopic (exact) mass is 279 g/mol. The molecule has 0 radical (unpaired) electrons. The number of hydrogen-bond acceptors (Lipinski definition) is 5. The van der Waals surface area contributed by atoms with E-state index in [0.717, 1.165) is 30.8 Å². The van der Waals surface area contributed by atoms with E-state index >= 15 is 0 Å². The molecule has 2 aliphatic rings. The van der Waals surface area contributed by atoms with Gasteiger partial charge in [-0.2, -0.15) is 0 Å². The van der Waals surface area contributed by atoms with Crippen LogP contribution < -0.4 is 0 Å². The predicted molar refractivity (Wildman–Crippen MR) is 72.2 cm³/mol. The number of ether oxygens (including phenoxy) is 1. The van der Waals surface area contributed by atoms with E-state index in [2.05, 4.69) is 10.1 Å². The molecule has 110 valence electrons. The molecule has 2 saturated heterocycles. The molecule has 0 aromatic carbocycles. The molecule has 0 spiro atoms. The van der Waals surface area contributed by atoms with Gasteiger partial charge in [-0.25, -0.2) is 0 Å². The second-order valence-electron chi connectivity index (χ2n) is 5.49. The number of likely N-dealkylation sites (tertiary alicyclic amines) is 1. The van der Waals surface area contributed by atoms with E-state index in [4.69, 9.17) is 9.26 Å². The third kappa shape index (κ3) is 2.86. The van der Waals surface area contributed by atoms with Gasteiger partial charge in [0, 0.05) is 19.2 Å². The average Bonchev–Trinajstić information content (AvgIpc) is 3.08. The summed E-state index contributed by atoms with van der Waals surface area (Å²) in [6.45, 7) is 6.04. The molecule has 3 rings (SSSR count). The topological polar surface area (TPSA) is 58.8 Å². The van der Waals surface area contributed by atoms with Crippen LogP contribution in [0, 0.1) is 6.92 Å². The Kier molecular flexibility index (Phi) is 4.03. The summed E-state index contributed by atoms with van der Waals surface area (Å²) < 4.78 is 10.7. The lowest BCUT2D eigenvalue weighted by atomic mass is 10.1. The Hall–Kier alpha value is -1.40. The standard InChI is InChI=1S/C14H21N3O3/c1-11-9-13(20-15-11)12-3-2-4-17(12)10-14(18)16-5-7-19-8-6-16/h9,12H,2-8,10H2,1H3/t12-/m1/s1. The van der Waals surface area contributed by atoms with Crippen LogP contribution in [-0.4, -0.2) is 60.3 Å². The number of nitrogens with zero attached hydrogens (tertiary/aromatic N) is 3. The summed E-state index contributed by atoms with van der Waals surface area (Å²) in [5.74, 6) is 1.08. The summed E-state index contributed by atoms with van der Waals surface area (Å²) >= 11 is 0. The molecular formula is C14H21N3O3. The van der Waals surface area contributed by atoms with Crippen LogP contribution in [0.2, 0.25) is 0 Å². The molecule has 6 nitrogen and oxygen atoms in total. The lowest BCUT2D eigenvalue weighted by Gasteiger charge is -2.30. The van der Waals surface area contributed by atoms with Gasteiger partial charge in [-0.3, -0.25) is 9.69 Å². The van der Waals surface area contributed by atoms with E-state index in [9.17, 15) is 4.79 Å². The molecule has 3 heterocycles. The van der Waals surface area contributed by atoms with Crippen LogP contribution in [0.25, 0.3) is 0 Å². The minimum atomic E-state index is 0.191. The highest BCUT2D eigenvalue weighted by atomic mass is 16.5. The molecule has 1 aromatic heterocycles. The summed E-state index contributed by atoms with van der Waals surface area (Å²) in [6.07, 6.45) is 2.13. The summed E-state index contributed by atoms with van der Waals surface area (Å²) in [5, 5.41) is 3.95. The van der Waals surface area contributed by atoms with Crippen LogP contribution in [0.15, 0.2) is 10.6 Å². The number of aromatic nitrogens is 1. The van der Waals surface area contributed by atoms with Crippen molar-refractivity contribution < 1.29 is 14.1 Å². The molecule has 0 saturated carbocycles. The normalized spacial score (nSPS) is 24.2. The zero-order valence-corrected chi connectivity index (χ0v) is 11.9. The Morgan fingerprint density at radius 1 is 1.40 bits per heavy atom. The summed E-state index contributed by atoms with van der Waals surface area (Å²) in [5.41, 5.74) is 0.895. The van der Waals surface area contributed by atoms with E-state index in [-0.39, 0.29) is 11.9 Å². The Morgan fingerprint density at radius 3 is 2.90 bits per heavy atom. The van der Waals surface area contributed by atoms with Crippen LogP contribution in [0.5, 0.6) is 0 Å². The number of rotatable bonds is 3. The second-order valence-corrected chi connectivity index (χ2v) is 5.49. The van der Waals surface area contributed by atoms with E-state index < -0.39 is 0 Å². The number of carbonyl (C=O) groups is 1. The van der Waals surface area contributed by atoms with Crippen molar-refractivity contribution in [2.75, 3.05) is 39.4 Å². The van der Waals surface area contributed by atoms with Crippen molar-refractivity contribution in [1.29, 1.82) is 0 Å². The van der Waals surface area contributed by atoms with Crippen molar-refractivity contribution in [3.8, 4) is 0 Å². The molecular weight excluding hydrogens is 258 g/mol. The smallest absolute Gasteiger partial charge is 0.236 e. The fourth-order valence-corrected chi connectivity index (χ4v) is 2.96. The van der Waals surface area contributed by atoms with E-state index in [1.165, 1.54) is 0 Å². The third-order valence-corrected chi connectivity index (χ3v) is 4.04. The van der Waals surface area contributed by atoms with Gasteiger partial charge in [-0.05, 0) is 26.3 Å². The molecule has 20 heavy (non-hydrogen) atoms. The summed E-state index contributed by atoms with van der Waals surface area (Å²) in [6, 6.07) is 2.17. The molecule has 0 bridgehead atoms. The second kappa shape index (κ2) is 5.93. The van der Waals surface area contributed by atoms with Gasteiger partial charge in [0.2, 0.25) is 5.91 Å². The number of carbonyl (C=O) groups excluding carboxylic acids is 1. The van der Waals surface area contributed by atoms with Gasteiger partial charge < -0.3 is 14.2 Å². The van der Waals surface area contributed by atoms with Gasteiger partial charge in [-0.15, -0.1) is 0 Å². The van der Waals surface area contributed by atoms with E-state index in [1.807, 2.05) is 17.9 Å². The van der Waals surface area contributed by atoms with E-state index in [1.54, 1.807) is 0 Å². The number of amides is 1. The fraction of sp³-hybridized carbons (Fsp3) is 0.714. The predicted octanol–water partition coefficient (Wildman–Crippen LogP) is 0.979. The number of morpholine rings is 1. The maximum Gasteiger partial charge on any atom is 0.236 e. The molecule has 1 aromatic rings. The van der Waals surface area contributed by atoms with Crippen molar-refractivity contribution in [1.82, 2.24) is 15.0 Å². The fourth-order valence-electron chi connectivity index (χ4n) is 2.96. The van der Waals surface area contributed by atoms with Crippen molar-refractivity contribution in [2.24, 2.45) is 0 Å². The summed E-state index contributed by atoms with van der Waals surface area (Å²) in [7, 11) is 0. The Bertz CT molecular complexity index is 468.